The monoisotopic (exact) mass is 409 g/mol. The highest BCUT2D eigenvalue weighted by atomic mass is 19.4. The van der Waals surface area contributed by atoms with Crippen LogP contribution in [0.5, 0.6) is 0 Å². The number of fused-ring (bicyclic) bond motifs is 3. The third kappa shape index (κ3) is 3.71. The summed E-state index contributed by atoms with van der Waals surface area (Å²) in [6, 6.07) is 4.48. The highest BCUT2D eigenvalue weighted by Crippen LogP contribution is 2.38. The Morgan fingerprint density at radius 1 is 1.14 bits per heavy atom. The highest BCUT2D eigenvalue weighted by Gasteiger charge is 2.36. The summed E-state index contributed by atoms with van der Waals surface area (Å²) >= 11 is 0. The molecule has 0 aliphatic carbocycles. The van der Waals surface area contributed by atoms with Gasteiger partial charge in [-0.3, -0.25) is 0 Å². The lowest BCUT2D eigenvalue weighted by Crippen LogP contribution is -2.38. The van der Waals surface area contributed by atoms with Gasteiger partial charge in [-0.25, -0.2) is 9.37 Å². The third-order valence-corrected chi connectivity index (χ3v) is 5.83. The van der Waals surface area contributed by atoms with E-state index in [-0.39, 0.29) is 11.6 Å². The fourth-order valence-corrected chi connectivity index (χ4v) is 4.22. The maximum atomic E-state index is 14.2. The average Bonchev–Trinajstić information content (AvgIpc) is 2.99. The zero-order chi connectivity index (χ0) is 20.8. The van der Waals surface area contributed by atoms with Gasteiger partial charge in [-0.05, 0) is 43.5 Å². The summed E-state index contributed by atoms with van der Waals surface area (Å²) in [5, 5.41) is 0.855. The molecule has 0 N–H and O–H groups in total. The molecule has 0 saturated carbocycles. The normalized spacial score (nSPS) is 16.9. The molecule has 156 valence electrons. The second-order valence-corrected chi connectivity index (χ2v) is 7.60. The summed E-state index contributed by atoms with van der Waals surface area (Å²) in [6.07, 6.45) is -1.39. The topological polar surface area (TPSA) is 30.3 Å². The van der Waals surface area contributed by atoms with Crippen LogP contribution in [0.15, 0.2) is 24.4 Å². The fraction of sp³-hybridized carbons (Fsp3) is 0.476. The predicted molar refractivity (Wildman–Crippen MR) is 103 cm³/mol. The minimum atomic E-state index is -4.59. The zero-order valence-electron chi connectivity index (χ0n) is 16.4. The van der Waals surface area contributed by atoms with Crippen molar-refractivity contribution in [2.45, 2.75) is 38.6 Å². The fourth-order valence-electron chi connectivity index (χ4n) is 4.22. The molecule has 4 nitrogen and oxygen atoms in total. The molecule has 29 heavy (non-hydrogen) atoms. The molecule has 3 aromatic rings. The van der Waals surface area contributed by atoms with Crippen molar-refractivity contribution in [1.29, 1.82) is 0 Å². The van der Waals surface area contributed by atoms with Gasteiger partial charge in [0.05, 0.1) is 11.6 Å². The van der Waals surface area contributed by atoms with Gasteiger partial charge in [-0.1, -0.05) is 0 Å². The summed E-state index contributed by atoms with van der Waals surface area (Å²) in [4.78, 5) is 5.85. The molecule has 0 bridgehead atoms. The molecule has 0 spiro atoms. The predicted octanol–water partition coefficient (Wildman–Crippen LogP) is 4.77. The first kappa shape index (κ1) is 20.1. The number of ether oxygens (including phenoxy) is 1. The summed E-state index contributed by atoms with van der Waals surface area (Å²) in [5.41, 5.74) is 0.0993. The van der Waals surface area contributed by atoms with E-state index in [1.165, 1.54) is 12.1 Å². The number of benzene rings is 1. The van der Waals surface area contributed by atoms with Crippen molar-refractivity contribution < 1.29 is 22.3 Å². The number of piperidine rings is 1. The van der Waals surface area contributed by atoms with Crippen molar-refractivity contribution in [3.8, 4) is 0 Å². The van der Waals surface area contributed by atoms with E-state index in [0.29, 0.717) is 34.9 Å². The average molecular weight is 409 g/mol. The van der Waals surface area contributed by atoms with Crippen molar-refractivity contribution in [1.82, 2.24) is 14.5 Å². The second kappa shape index (κ2) is 7.57. The standard InChI is InChI=1S/C21H23F4N3O/c1-13-11-18-16(12-17(13)22)15-3-6-26-20(21(23,24)25)19(15)28(18)10-9-27-7-4-14(29-2)5-8-27/h3,6,11-12,14H,4-5,7-10H2,1-2H3. The number of rotatable bonds is 4. The first-order valence-electron chi connectivity index (χ1n) is 9.69. The Hall–Kier alpha value is -2.19. The van der Waals surface area contributed by atoms with Gasteiger partial charge in [0, 0.05) is 55.8 Å². The zero-order valence-corrected chi connectivity index (χ0v) is 16.4. The first-order chi connectivity index (χ1) is 13.8. The minimum Gasteiger partial charge on any atom is -0.381 e. The summed E-state index contributed by atoms with van der Waals surface area (Å²) < 4.78 is 62.3. The quantitative estimate of drug-likeness (QED) is 0.582. The van der Waals surface area contributed by atoms with Gasteiger partial charge in [0.1, 0.15) is 5.82 Å². The Morgan fingerprint density at radius 3 is 2.52 bits per heavy atom. The van der Waals surface area contributed by atoms with Crippen LogP contribution in [0, 0.1) is 12.7 Å². The summed E-state index contributed by atoms with van der Waals surface area (Å²) in [5.74, 6) is -0.427. The van der Waals surface area contributed by atoms with Gasteiger partial charge >= 0.3 is 6.18 Å². The first-order valence-corrected chi connectivity index (χ1v) is 9.69. The van der Waals surface area contributed by atoms with Crippen LogP contribution in [0.4, 0.5) is 17.6 Å². The highest BCUT2D eigenvalue weighted by molar-refractivity contribution is 6.09. The number of pyridine rings is 1. The van der Waals surface area contributed by atoms with E-state index in [1.807, 2.05) is 0 Å². The molecule has 0 amide bonds. The van der Waals surface area contributed by atoms with Gasteiger partial charge < -0.3 is 14.2 Å². The molecule has 3 heterocycles. The molecule has 2 aromatic heterocycles. The molecule has 0 unspecified atom stereocenters. The van der Waals surface area contributed by atoms with E-state index in [9.17, 15) is 17.6 Å². The Balaban J connectivity index is 1.79. The number of hydrogen-bond acceptors (Lipinski definition) is 3. The van der Waals surface area contributed by atoms with Gasteiger partial charge in [0.15, 0.2) is 5.69 Å². The van der Waals surface area contributed by atoms with Gasteiger partial charge in [-0.15, -0.1) is 0 Å². The number of alkyl halides is 3. The molecule has 1 saturated heterocycles. The van der Waals surface area contributed by atoms with E-state index in [0.717, 1.165) is 32.1 Å². The number of halogens is 4. The van der Waals surface area contributed by atoms with E-state index in [2.05, 4.69) is 9.88 Å². The van der Waals surface area contributed by atoms with Crippen molar-refractivity contribution in [2.75, 3.05) is 26.7 Å². The molecule has 1 fully saturated rings. The maximum absolute atomic E-state index is 14.2. The molecule has 1 aliphatic heterocycles. The third-order valence-electron chi connectivity index (χ3n) is 5.83. The Morgan fingerprint density at radius 2 is 1.86 bits per heavy atom. The van der Waals surface area contributed by atoms with Crippen LogP contribution >= 0.6 is 0 Å². The van der Waals surface area contributed by atoms with Crippen LogP contribution in [-0.4, -0.2) is 47.3 Å². The van der Waals surface area contributed by atoms with E-state index in [4.69, 9.17) is 4.74 Å². The lowest BCUT2D eigenvalue weighted by atomic mass is 10.1. The van der Waals surface area contributed by atoms with Gasteiger partial charge in [0.2, 0.25) is 0 Å². The minimum absolute atomic E-state index is 0.0202. The number of hydrogen-bond donors (Lipinski definition) is 0. The van der Waals surface area contributed by atoms with Crippen LogP contribution in [0.1, 0.15) is 24.1 Å². The largest absolute Gasteiger partial charge is 0.435 e. The molecular weight excluding hydrogens is 386 g/mol. The smallest absolute Gasteiger partial charge is 0.381 e. The van der Waals surface area contributed by atoms with Crippen molar-refractivity contribution in [2.24, 2.45) is 0 Å². The Kier molecular flexibility index (Phi) is 5.25. The molecule has 0 radical (unpaired) electrons. The molecule has 4 rings (SSSR count). The van der Waals surface area contributed by atoms with Crippen molar-refractivity contribution in [3.63, 3.8) is 0 Å². The lowest BCUT2D eigenvalue weighted by molar-refractivity contribution is -0.140. The molecule has 8 heteroatoms. The van der Waals surface area contributed by atoms with Crippen LogP contribution in [0.3, 0.4) is 0 Å². The SMILES string of the molecule is COC1CCN(CCn2c3cc(C)c(F)cc3c3ccnc(C(F)(F)F)c32)CC1. The van der Waals surface area contributed by atoms with Gasteiger partial charge in [0.25, 0.3) is 0 Å². The maximum Gasteiger partial charge on any atom is 0.435 e. The number of likely N-dealkylation sites (tertiary alicyclic amines) is 1. The Bertz CT molecular complexity index is 1040. The molecule has 1 aromatic carbocycles. The summed E-state index contributed by atoms with van der Waals surface area (Å²) in [6.45, 7) is 4.28. The van der Waals surface area contributed by atoms with Crippen LogP contribution < -0.4 is 0 Å². The van der Waals surface area contributed by atoms with E-state index in [1.54, 1.807) is 24.7 Å². The van der Waals surface area contributed by atoms with E-state index >= 15 is 0 Å². The van der Waals surface area contributed by atoms with Crippen molar-refractivity contribution >= 4 is 21.8 Å². The number of aromatic nitrogens is 2. The van der Waals surface area contributed by atoms with E-state index < -0.39 is 17.7 Å². The van der Waals surface area contributed by atoms with Crippen LogP contribution in [0.25, 0.3) is 21.8 Å². The van der Waals surface area contributed by atoms with Crippen LogP contribution in [0.2, 0.25) is 0 Å². The molecular formula is C21H23F4N3O. The molecule has 1 aliphatic rings. The number of nitrogens with zero attached hydrogens (tertiary/aromatic N) is 3. The number of aryl methyl sites for hydroxylation is 1. The molecule has 0 atom stereocenters. The van der Waals surface area contributed by atoms with Gasteiger partial charge in [-0.2, -0.15) is 13.2 Å². The van der Waals surface area contributed by atoms with Crippen LogP contribution in [-0.2, 0) is 17.5 Å². The lowest BCUT2D eigenvalue weighted by Gasteiger charge is -2.31. The second-order valence-electron chi connectivity index (χ2n) is 7.60. The number of methoxy groups -OCH3 is 1. The Labute approximate surface area is 166 Å². The summed E-state index contributed by atoms with van der Waals surface area (Å²) in [7, 11) is 1.70. The van der Waals surface area contributed by atoms with Crippen molar-refractivity contribution in [3.05, 3.63) is 41.5 Å².